The van der Waals surface area contributed by atoms with Gasteiger partial charge in [-0.3, -0.25) is 4.79 Å². The SMILES string of the molecule is CN1C(=O)CC[C@]2(C)C3CC[C@@]4(C)C(CC[C@@]4(O)C#CCCBr)C3CCC12. The fraction of sp³-hybridized carbons (Fsp3) is 0.870. The van der Waals surface area contributed by atoms with Crippen molar-refractivity contribution in [2.45, 2.75) is 83.3 Å². The zero-order chi connectivity index (χ0) is 19.4. The van der Waals surface area contributed by atoms with E-state index in [1.54, 1.807) is 0 Å². The molecule has 1 saturated heterocycles. The zero-order valence-corrected chi connectivity index (χ0v) is 18.6. The van der Waals surface area contributed by atoms with Crippen LogP contribution < -0.4 is 0 Å². The zero-order valence-electron chi connectivity index (χ0n) is 17.1. The summed E-state index contributed by atoms with van der Waals surface area (Å²) in [6, 6.07) is 0.406. The van der Waals surface area contributed by atoms with Crippen molar-refractivity contribution in [2.24, 2.45) is 28.6 Å². The van der Waals surface area contributed by atoms with Gasteiger partial charge in [-0.1, -0.05) is 41.6 Å². The number of rotatable bonds is 1. The maximum absolute atomic E-state index is 12.3. The molecule has 1 amide bonds. The summed E-state index contributed by atoms with van der Waals surface area (Å²) in [6.45, 7) is 4.77. The van der Waals surface area contributed by atoms with Gasteiger partial charge in [-0.05, 0) is 68.1 Å². The highest BCUT2D eigenvalue weighted by Gasteiger charge is 2.64. The van der Waals surface area contributed by atoms with Crippen molar-refractivity contribution >= 4 is 21.8 Å². The van der Waals surface area contributed by atoms with E-state index in [1.807, 2.05) is 7.05 Å². The van der Waals surface area contributed by atoms with Crippen molar-refractivity contribution in [1.29, 1.82) is 0 Å². The second-order valence-electron chi connectivity index (χ2n) is 10.1. The molecule has 4 heteroatoms. The van der Waals surface area contributed by atoms with Gasteiger partial charge in [-0.25, -0.2) is 0 Å². The standard InChI is InChI=1S/C23H34BrNO2/c1-21-12-10-20(26)25(3)19(21)7-6-16-17(21)8-13-22(2)18(16)9-14-23(22,27)11-4-5-15-24/h16-19,27H,5-10,12-15H2,1-3H3/t16?,17?,18?,19?,21-,22+,23+/m1/s1. The first kappa shape index (κ1) is 19.8. The summed E-state index contributed by atoms with van der Waals surface area (Å²) in [5.74, 6) is 8.78. The minimum Gasteiger partial charge on any atom is -0.377 e. The van der Waals surface area contributed by atoms with Gasteiger partial charge in [0.05, 0.1) is 0 Å². The summed E-state index contributed by atoms with van der Waals surface area (Å²) in [5, 5.41) is 12.4. The van der Waals surface area contributed by atoms with Crippen LogP contribution in [0.4, 0.5) is 0 Å². The molecule has 4 unspecified atom stereocenters. The smallest absolute Gasteiger partial charge is 0.222 e. The molecular weight excluding hydrogens is 402 g/mol. The van der Waals surface area contributed by atoms with Crippen LogP contribution >= 0.6 is 15.9 Å². The Labute approximate surface area is 172 Å². The molecule has 7 atom stereocenters. The molecule has 0 aromatic rings. The number of nitrogens with zero attached hydrogens (tertiary/aromatic N) is 1. The molecule has 3 saturated carbocycles. The number of piperidine rings is 1. The lowest BCUT2D eigenvalue weighted by molar-refractivity contribution is -0.163. The Morgan fingerprint density at radius 3 is 2.63 bits per heavy atom. The van der Waals surface area contributed by atoms with Gasteiger partial charge in [0.1, 0.15) is 5.60 Å². The molecule has 150 valence electrons. The number of hydrogen-bond donors (Lipinski definition) is 1. The monoisotopic (exact) mass is 435 g/mol. The summed E-state index contributed by atoms with van der Waals surface area (Å²) in [5.41, 5.74) is -0.649. The van der Waals surface area contributed by atoms with Crippen molar-refractivity contribution in [1.82, 2.24) is 4.90 Å². The average molecular weight is 436 g/mol. The summed E-state index contributed by atoms with van der Waals surface area (Å²) < 4.78 is 0. The van der Waals surface area contributed by atoms with E-state index in [2.05, 4.69) is 46.5 Å². The lowest BCUT2D eigenvalue weighted by Crippen LogP contribution is -2.62. The van der Waals surface area contributed by atoms with Crippen LogP contribution in [0.3, 0.4) is 0 Å². The molecule has 1 heterocycles. The normalized spacial score (nSPS) is 48.9. The highest BCUT2D eigenvalue weighted by molar-refractivity contribution is 9.09. The van der Waals surface area contributed by atoms with E-state index in [1.165, 1.54) is 12.8 Å². The number of aliphatic hydroxyl groups is 1. The number of halogens is 1. The Balaban J connectivity index is 1.62. The first-order valence-corrected chi connectivity index (χ1v) is 11.9. The second-order valence-corrected chi connectivity index (χ2v) is 10.9. The van der Waals surface area contributed by atoms with Crippen LogP contribution in [-0.4, -0.2) is 39.9 Å². The van der Waals surface area contributed by atoms with Crippen molar-refractivity contribution in [3.05, 3.63) is 0 Å². The van der Waals surface area contributed by atoms with Gasteiger partial charge < -0.3 is 10.0 Å². The topological polar surface area (TPSA) is 40.5 Å². The Morgan fingerprint density at radius 1 is 1.15 bits per heavy atom. The minimum atomic E-state index is -0.818. The predicted molar refractivity (Wildman–Crippen MR) is 111 cm³/mol. The molecule has 27 heavy (non-hydrogen) atoms. The lowest BCUT2D eigenvalue weighted by atomic mass is 9.46. The van der Waals surface area contributed by atoms with Crippen LogP contribution in [0.25, 0.3) is 0 Å². The quantitative estimate of drug-likeness (QED) is 0.490. The Hall–Kier alpha value is -0.530. The Bertz CT molecular complexity index is 684. The molecule has 4 aliphatic rings. The largest absolute Gasteiger partial charge is 0.377 e. The highest BCUT2D eigenvalue weighted by Crippen LogP contribution is 2.66. The summed E-state index contributed by atoms with van der Waals surface area (Å²) in [7, 11) is 2.02. The summed E-state index contributed by atoms with van der Waals surface area (Å²) >= 11 is 3.44. The van der Waals surface area contributed by atoms with E-state index in [9.17, 15) is 9.90 Å². The van der Waals surface area contributed by atoms with Crippen LogP contribution in [-0.2, 0) is 4.79 Å². The molecule has 0 aromatic carbocycles. The maximum Gasteiger partial charge on any atom is 0.222 e. The summed E-state index contributed by atoms with van der Waals surface area (Å²) in [6.07, 6.45) is 9.05. The molecule has 3 aliphatic carbocycles. The molecule has 4 rings (SSSR count). The van der Waals surface area contributed by atoms with Crippen LogP contribution in [0, 0.1) is 40.4 Å². The number of fused-ring (bicyclic) bond motifs is 5. The second kappa shape index (κ2) is 6.77. The number of carbonyl (C=O) groups excluding carboxylic acids is 1. The first-order chi connectivity index (χ1) is 12.8. The van der Waals surface area contributed by atoms with Gasteiger partial charge in [0.2, 0.25) is 5.91 Å². The molecule has 1 N–H and O–H groups in total. The van der Waals surface area contributed by atoms with Crippen molar-refractivity contribution in [3.8, 4) is 11.8 Å². The van der Waals surface area contributed by atoms with Gasteiger partial charge in [0.15, 0.2) is 0 Å². The van der Waals surface area contributed by atoms with Gasteiger partial charge in [0, 0.05) is 36.7 Å². The van der Waals surface area contributed by atoms with Crippen molar-refractivity contribution in [2.75, 3.05) is 12.4 Å². The van der Waals surface area contributed by atoms with Crippen molar-refractivity contribution < 1.29 is 9.90 Å². The number of carbonyl (C=O) groups is 1. The van der Waals surface area contributed by atoms with E-state index in [4.69, 9.17) is 0 Å². The highest BCUT2D eigenvalue weighted by atomic mass is 79.9. The Kier molecular flexibility index (Phi) is 4.96. The van der Waals surface area contributed by atoms with Crippen LogP contribution in [0.15, 0.2) is 0 Å². The third-order valence-corrected chi connectivity index (χ3v) is 9.62. The lowest BCUT2D eigenvalue weighted by Gasteiger charge is -2.62. The van der Waals surface area contributed by atoms with Gasteiger partial charge >= 0.3 is 0 Å². The van der Waals surface area contributed by atoms with Crippen LogP contribution in [0.5, 0.6) is 0 Å². The van der Waals surface area contributed by atoms with E-state index in [-0.39, 0.29) is 10.8 Å². The third kappa shape index (κ3) is 2.75. The molecule has 4 fully saturated rings. The molecular formula is C23H34BrNO2. The molecule has 0 bridgehead atoms. The number of hydrogen-bond acceptors (Lipinski definition) is 2. The predicted octanol–water partition coefficient (Wildman–Crippen LogP) is 4.37. The molecule has 0 aromatic heterocycles. The van der Waals surface area contributed by atoms with Gasteiger partial charge in [-0.2, -0.15) is 0 Å². The van der Waals surface area contributed by atoms with E-state index < -0.39 is 5.60 Å². The van der Waals surface area contributed by atoms with E-state index >= 15 is 0 Å². The van der Waals surface area contributed by atoms with Gasteiger partial charge in [-0.15, -0.1) is 0 Å². The first-order valence-electron chi connectivity index (χ1n) is 10.8. The third-order valence-electron chi connectivity index (χ3n) is 9.22. The number of likely N-dealkylation sites (tertiary alicyclic amines) is 1. The fourth-order valence-corrected chi connectivity index (χ4v) is 7.83. The summed E-state index contributed by atoms with van der Waals surface area (Å²) in [4.78, 5) is 14.3. The van der Waals surface area contributed by atoms with Gasteiger partial charge in [0.25, 0.3) is 0 Å². The van der Waals surface area contributed by atoms with E-state index in [0.717, 1.165) is 43.9 Å². The van der Waals surface area contributed by atoms with Crippen molar-refractivity contribution in [3.63, 3.8) is 0 Å². The molecule has 1 aliphatic heterocycles. The Morgan fingerprint density at radius 2 is 1.89 bits per heavy atom. The fourth-order valence-electron chi connectivity index (χ4n) is 7.63. The van der Waals surface area contributed by atoms with Crippen LogP contribution in [0.2, 0.25) is 0 Å². The molecule has 0 radical (unpaired) electrons. The van der Waals surface area contributed by atoms with Crippen LogP contribution in [0.1, 0.15) is 71.6 Å². The average Bonchev–Trinajstić information content (AvgIpc) is 2.90. The molecule has 0 spiro atoms. The number of amides is 1. The maximum atomic E-state index is 12.3. The molecule has 3 nitrogen and oxygen atoms in total. The van der Waals surface area contributed by atoms with E-state index in [0.29, 0.717) is 36.1 Å². The number of alkyl halides is 1. The minimum absolute atomic E-state index is 0.0763.